The van der Waals surface area contributed by atoms with E-state index in [2.05, 4.69) is 16.8 Å². The largest absolute Gasteiger partial charge is 0.327 e. The number of thiophene rings is 1. The number of nitrogens with two attached hydrogens (primary N) is 1. The zero-order chi connectivity index (χ0) is 10.5. The van der Waals surface area contributed by atoms with E-state index in [-0.39, 0.29) is 0 Å². The molecular formula is C13H21NS. The third-order valence-corrected chi connectivity index (χ3v) is 4.33. The van der Waals surface area contributed by atoms with Crippen LogP contribution in [0, 0.1) is 5.92 Å². The van der Waals surface area contributed by atoms with Gasteiger partial charge in [-0.1, -0.05) is 19.3 Å². The third-order valence-electron chi connectivity index (χ3n) is 3.60. The first-order valence-corrected chi connectivity index (χ1v) is 7.07. The Kier molecular flexibility index (Phi) is 4.21. The Morgan fingerprint density at radius 1 is 1.33 bits per heavy atom. The van der Waals surface area contributed by atoms with Gasteiger partial charge in [0.15, 0.2) is 0 Å². The van der Waals surface area contributed by atoms with Gasteiger partial charge in [-0.05, 0) is 54.0 Å². The van der Waals surface area contributed by atoms with Gasteiger partial charge in [0.1, 0.15) is 0 Å². The first-order chi connectivity index (χ1) is 7.36. The minimum Gasteiger partial charge on any atom is -0.327 e. The Labute approximate surface area is 96.7 Å². The molecule has 1 heterocycles. The Morgan fingerprint density at radius 2 is 2.13 bits per heavy atom. The molecule has 0 saturated heterocycles. The van der Waals surface area contributed by atoms with Crippen molar-refractivity contribution in [3.8, 4) is 0 Å². The molecule has 1 aliphatic carbocycles. The SMILES string of the molecule is NC(CCc1ccsc1)C1CCCCC1. The molecule has 1 unspecified atom stereocenters. The number of rotatable bonds is 4. The molecule has 2 N–H and O–H groups in total. The average molecular weight is 223 g/mol. The van der Waals surface area contributed by atoms with Crippen LogP contribution in [0.3, 0.4) is 0 Å². The summed E-state index contributed by atoms with van der Waals surface area (Å²) in [5.74, 6) is 0.803. The zero-order valence-electron chi connectivity index (χ0n) is 9.32. The van der Waals surface area contributed by atoms with E-state index >= 15 is 0 Å². The predicted molar refractivity (Wildman–Crippen MR) is 67.2 cm³/mol. The lowest BCUT2D eigenvalue weighted by Gasteiger charge is -2.27. The smallest absolute Gasteiger partial charge is 0.00703 e. The Bertz CT molecular complexity index is 262. The summed E-state index contributed by atoms with van der Waals surface area (Å²) in [5.41, 5.74) is 7.73. The maximum absolute atomic E-state index is 6.27. The van der Waals surface area contributed by atoms with E-state index in [9.17, 15) is 0 Å². The summed E-state index contributed by atoms with van der Waals surface area (Å²) in [7, 11) is 0. The van der Waals surface area contributed by atoms with Crippen molar-refractivity contribution in [1.82, 2.24) is 0 Å². The lowest BCUT2D eigenvalue weighted by Crippen LogP contribution is -2.31. The van der Waals surface area contributed by atoms with E-state index < -0.39 is 0 Å². The fourth-order valence-corrected chi connectivity index (χ4v) is 3.27. The van der Waals surface area contributed by atoms with Crippen LogP contribution in [0.2, 0.25) is 0 Å². The second-order valence-corrected chi connectivity index (χ2v) is 5.51. The number of aryl methyl sites for hydroxylation is 1. The van der Waals surface area contributed by atoms with Crippen molar-refractivity contribution < 1.29 is 0 Å². The molecule has 15 heavy (non-hydrogen) atoms. The summed E-state index contributed by atoms with van der Waals surface area (Å²) in [6, 6.07) is 2.66. The van der Waals surface area contributed by atoms with Gasteiger partial charge in [-0.15, -0.1) is 0 Å². The fourth-order valence-electron chi connectivity index (χ4n) is 2.57. The normalized spacial score (nSPS) is 20.3. The molecule has 84 valence electrons. The monoisotopic (exact) mass is 223 g/mol. The Morgan fingerprint density at radius 3 is 2.80 bits per heavy atom. The molecule has 1 aliphatic rings. The molecule has 1 saturated carbocycles. The summed E-state index contributed by atoms with van der Waals surface area (Å²) in [6.07, 6.45) is 9.29. The summed E-state index contributed by atoms with van der Waals surface area (Å²) in [4.78, 5) is 0. The van der Waals surface area contributed by atoms with Gasteiger partial charge in [-0.3, -0.25) is 0 Å². The molecule has 0 amide bonds. The van der Waals surface area contributed by atoms with Crippen LogP contribution < -0.4 is 5.73 Å². The molecule has 1 fully saturated rings. The number of hydrogen-bond acceptors (Lipinski definition) is 2. The highest BCUT2D eigenvalue weighted by atomic mass is 32.1. The van der Waals surface area contributed by atoms with Gasteiger partial charge in [-0.25, -0.2) is 0 Å². The maximum Gasteiger partial charge on any atom is 0.00703 e. The summed E-state index contributed by atoms with van der Waals surface area (Å²) < 4.78 is 0. The van der Waals surface area contributed by atoms with Crippen LogP contribution >= 0.6 is 11.3 Å². The molecule has 0 spiro atoms. The molecule has 1 aromatic heterocycles. The van der Waals surface area contributed by atoms with Crippen molar-refractivity contribution >= 4 is 11.3 Å². The predicted octanol–water partition coefficient (Wildman–Crippen LogP) is 3.59. The lowest BCUT2D eigenvalue weighted by atomic mass is 9.82. The van der Waals surface area contributed by atoms with Crippen LogP contribution in [-0.2, 0) is 6.42 Å². The van der Waals surface area contributed by atoms with E-state index in [0.29, 0.717) is 6.04 Å². The molecule has 0 aromatic carbocycles. The van der Waals surface area contributed by atoms with E-state index in [1.54, 1.807) is 11.3 Å². The highest BCUT2D eigenvalue weighted by Gasteiger charge is 2.19. The molecule has 2 heteroatoms. The van der Waals surface area contributed by atoms with Gasteiger partial charge in [0, 0.05) is 6.04 Å². The molecule has 0 aliphatic heterocycles. The van der Waals surface area contributed by atoms with Crippen molar-refractivity contribution in [2.75, 3.05) is 0 Å². The Hall–Kier alpha value is -0.340. The van der Waals surface area contributed by atoms with Crippen molar-refractivity contribution in [3.63, 3.8) is 0 Å². The van der Waals surface area contributed by atoms with Crippen LogP contribution in [0.25, 0.3) is 0 Å². The van der Waals surface area contributed by atoms with Crippen molar-refractivity contribution in [3.05, 3.63) is 22.4 Å². The molecule has 1 atom stereocenters. The van der Waals surface area contributed by atoms with Gasteiger partial charge < -0.3 is 5.73 Å². The van der Waals surface area contributed by atoms with E-state index in [1.807, 2.05) is 0 Å². The quantitative estimate of drug-likeness (QED) is 0.829. The van der Waals surface area contributed by atoms with Crippen LogP contribution in [0.15, 0.2) is 16.8 Å². The second kappa shape index (κ2) is 5.66. The second-order valence-electron chi connectivity index (χ2n) is 4.73. The summed E-state index contributed by atoms with van der Waals surface area (Å²) >= 11 is 1.79. The van der Waals surface area contributed by atoms with Crippen molar-refractivity contribution in [2.45, 2.75) is 51.0 Å². The third kappa shape index (κ3) is 3.32. The highest BCUT2D eigenvalue weighted by Crippen LogP contribution is 2.27. The first-order valence-electron chi connectivity index (χ1n) is 6.13. The maximum atomic E-state index is 6.27. The molecule has 2 rings (SSSR count). The van der Waals surface area contributed by atoms with E-state index in [1.165, 1.54) is 50.5 Å². The Balaban J connectivity index is 1.74. The summed E-state index contributed by atoms with van der Waals surface area (Å²) in [5, 5.41) is 4.40. The molecule has 1 nitrogen and oxygen atoms in total. The van der Waals surface area contributed by atoms with Gasteiger partial charge in [0.2, 0.25) is 0 Å². The van der Waals surface area contributed by atoms with Crippen LogP contribution in [0.4, 0.5) is 0 Å². The van der Waals surface area contributed by atoms with Gasteiger partial charge in [0.25, 0.3) is 0 Å². The van der Waals surface area contributed by atoms with Crippen LogP contribution in [0.5, 0.6) is 0 Å². The zero-order valence-corrected chi connectivity index (χ0v) is 10.1. The number of hydrogen-bond donors (Lipinski definition) is 1. The highest BCUT2D eigenvalue weighted by molar-refractivity contribution is 7.07. The van der Waals surface area contributed by atoms with Crippen LogP contribution in [-0.4, -0.2) is 6.04 Å². The lowest BCUT2D eigenvalue weighted by molar-refractivity contribution is 0.295. The van der Waals surface area contributed by atoms with Crippen LogP contribution in [0.1, 0.15) is 44.1 Å². The van der Waals surface area contributed by atoms with E-state index in [4.69, 9.17) is 5.73 Å². The summed E-state index contributed by atoms with van der Waals surface area (Å²) in [6.45, 7) is 0. The van der Waals surface area contributed by atoms with Gasteiger partial charge >= 0.3 is 0 Å². The fraction of sp³-hybridized carbons (Fsp3) is 0.692. The van der Waals surface area contributed by atoms with Crippen molar-refractivity contribution in [2.24, 2.45) is 11.7 Å². The molecule has 0 radical (unpaired) electrons. The van der Waals surface area contributed by atoms with Gasteiger partial charge in [-0.2, -0.15) is 11.3 Å². The van der Waals surface area contributed by atoms with Gasteiger partial charge in [0.05, 0.1) is 0 Å². The van der Waals surface area contributed by atoms with E-state index in [0.717, 1.165) is 5.92 Å². The standard InChI is InChI=1S/C13H21NS/c14-13(12-4-2-1-3-5-12)7-6-11-8-9-15-10-11/h8-10,12-13H,1-7,14H2. The molecular weight excluding hydrogens is 202 g/mol. The topological polar surface area (TPSA) is 26.0 Å². The molecule has 1 aromatic rings. The molecule has 0 bridgehead atoms. The van der Waals surface area contributed by atoms with Crippen molar-refractivity contribution in [1.29, 1.82) is 0 Å². The minimum absolute atomic E-state index is 0.435. The first kappa shape index (κ1) is 11.2. The minimum atomic E-state index is 0.435. The average Bonchev–Trinajstić information content (AvgIpc) is 2.80.